The van der Waals surface area contributed by atoms with Gasteiger partial charge in [-0.3, -0.25) is 4.79 Å². The zero-order valence-electron chi connectivity index (χ0n) is 5.89. The molecule has 0 heterocycles. The van der Waals surface area contributed by atoms with Crippen molar-refractivity contribution in [3.05, 3.63) is 0 Å². The van der Waals surface area contributed by atoms with Gasteiger partial charge in [0, 0.05) is 0 Å². The third kappa shape index (κ3) is 1.44. The van der Waals surface area contributed by atoms with Gasteiger partial charge in [0.05, 0.1) is 13.0 Å². The zero-order chi connectivity index (χ0) is 6.85. The second kappa shape index (κ2) is 2.38. The maximum atomic E-state index is 10.8. The van der Waals surface area contributed by atoms with Gasteiger partial charge in [-0.1, -0.05) is 6.92 Å². The first-order chi connectivity index (χ1) is 4.25. The first-order valence-electron chi connectivity index (χ1n) is 3.33. The molecule has 0 aliphatic heterocycles. The summed E-state index contributed by atoms with van der Waals surface area (Å²) in [5.41, 5.74) is 0. The lowest BCUT2D eigenvalue weighted by Gasteiger charge is -2.04. The van der Waals surface area contributed by atoms with E-state index in [9.17, 15) is 4.79 Å². The Hall–Kier alpha value is -0.530. The molecule has 1 saturated carbocycles. The van der Waals surface area contributed by atoms with Crippen molar-refractivity contribution in [2.45, 2.75) is 19.8 Å². The van der Waals surface area contributed by atoms with Crippen molar-refractivity contribution in [2.24, 2.45) is 11.8 Å². The summed E-state index contributed by atoms with van der Waals surface area (Å²) in [6.45, 7) is 1.93. The molecule has 1 rings (SSSR count). The Morgan fingerprint density at radius 3 is 2.56 bits per heavy atom. The van der Waals surface area contributed by atoms with E-state index in [2.05, 4.69) is 4.74 Å². The van der Waals surface area contributed by atoms with E-state index in [0.29, 0.717) is 5.92 Å². The average Bonchev–Trinajstić information content (AvgIpc) is 2.66. The molecule has 0 aromatic carbocycles. The number of hydrogen-bond donors (Lipinski definition) is 0. The third-order valence-electron chi connectivity index (χ3n) is 1.90. The van der Waals surface area contributed by atoms with Crippen LogP contribution in [-0.2, 0) is 9.53 Å². The maximum absolute atomic E-state index is 10.8. The van der Waals surface area contributed by atoms with Gasteiger partial charge in [0.25, 0.3) is 0 Å². The fourth-order valence-corrected chi connectivity index (χ4v) is 0.975. The van der Waals surface area contributed by atoms with Gasteiger partial charge in [-0.2, -0.15) is 0 Å². The van der Waals surface area contributed by atoms with Crippen LogP contribution < -0.4 is 0 Å². The van der Waals surface area contributed by atoms with Gasteiger partial charge in [0.2, 0.25) is 0 Å². The third-order valence-corrected chi connectivity index (χ3v) is 1.90. The summed E-state index contributed by atoms with van der Waals surface area (Å²) in [6.07, 6.45) is 2.41. The number of ether oxygens (including phenoxy) is 1. The first kappa shape index (κ1) is 6.59. The topological polar surface area (TPSA) is 26.3 Å². The van der Waals surface area contributed by atoms with Crippen LogP contribution in [0.4, 0.5) is 0 Å². The monoisotopic (exact) mass is 128 g/mol. The van der Waals surface area contributed by atoms with E-state index in [0.717, 1.165) is 0 Å². The summed E-state index contributed by atoms with van der Waals surface area (Å²) >= 11 is 0. The Morgan fingerprint density at radius 2 is 2.22 bits per heavy atom. The summed E-state index contributed by atoms with van der Waals surface area (Å²) in [4.78, 5) is 10.8. The quantitative estimate of drug-likeness (QED) is 0.522. The van der Waals surface area contributed by atoms with Crippen molar-refractivity contribution in [3.63, 3.8) is 0 Å². The molecule has 52 valence electrons. The lowest BCUT2D eigenvalue weighted by Crippen LogP contribution is -2.13. The van der Waals surface area contributed by atoms with Crippen LogP contribution >= 0.6 is 0 Å². The molecule has 0 spiro atoms. The number of esters is 1. The van der Waals surface area contributed by atoms with Crippen molar-refractivity contribution in [1.82, 2.24) is 0 Å². The Morgan fingerprint density at radius 1 is 1.67 bits per heavy atom. The zero-order valence-corrected chi connectivity index (χ0v) is 5.89. The summed E-state index contributed by atoms with van der Waals surface area (Å²) < 4.78 is 4.57. The van der Waals surface area contributed by atoms with Crippen molar-refractivity contribution in [3.8, 4) is 0 Å². The molecular formula is C7H12O2. The minimum atomic E-state index is -0.0579. The summed E-state index contributed by atoms with van der Waals surface area (Å²) in [5.74, 6) is 0.699. The van der Waals surface area contributed by atoms with Crippen molar-refractivity contribution >= 4 is 5.97 Å². The smallest absolute Gasteiger partial charge is 0.308 e. The minimum Gasteiger partial charge on any atom is -0.469 e. The molecule has 0 aromatic heterocycles. The second-order valence-corrected chi connectivity index (χ2v) is 2.65. The van der Waals surface area contributed by atoms with Gasteiger partial charge in [0.1, 0.15) is 0 Å². The van der Waals surface area contributed by atoms with Crippen LogP contribution in [0.15, 0.2) is 0 Å². The largest absolute Gasteiger partial charge is 0.469 e. The highest BCUT2D eigenvalue weighted by molar-refractivity contribution is 5.72. The van der Waals surface area contributed by atoms with E-state index in [1.54, 1.807) is 0 Å². The number of rotatable bonds is 2. The SMILES string of the molecule is COC(=O)C(C)C1CC1. The lowest BCUT2D eigenvalue weighted by molar-refractivity contribution is -0.145. The lowest BCUT2D eigenvalue weighted by atomic mass is 10.1. The molecule has 1 fully saturated rings. The fraction of sp³-hybridized carbons (Fsp3) is 0.857. The highest BCUT2D eigenvalue weighted by atomic mass is 16.5. The van der Waals surface area contributed by atoms with Crippen LogP contribution in [0.25, 0.3) is 0 Å². The normalized spacial score (nSPS) is 21.1. The van der Waals surface area contributed by atoms with Gasteiger partial charge in [-0.25, -0.2) is 0 Å². The Labute approximate surface area is 55.2 Å². The molecule has 1 aliphatic rings. The van der Waals surface area contributed by atoms with E-state index >= 15 is 0 Å². The van der Waals surface area contributed by atoms with Crippen LogP contribution in [0, 0.1) is 11.8 Å². The van der Waals surface area contributed by atoms with Crippen LogP contribution in [0.2, 0.25) is 0 Å². The fourth-order valence-electron chi connectivity index (χ4n) is 0.975. The predicted molar refractivity (Wildman–Crippen MR) is 33.9 cm³/mol. The first-order valence-corrected chi connectivity index (χ1v) is 3.33. The number of methoxy groups -OCH3 is 1. The van der Waals surface area contributed by atoms with Crippen molar-refractivity contribution in [2.75, 3.05) is 7.11 Å². The highest BCUT2D eigenvalue weighted by Crippen LogP contribution is 2.36. The number of carbonyl (C=O) groups excluding carboxylic acids is 1. The summed E-state index contributed by atoms with van der Waals surface area (Å²) in [7, 11) is 1.45. The minimum absolute atomic E-state index is 0.0579. The van der Waals surface area contributed by atoms with E-state index in [1.165, 1.54) is 20.0 Å². The van der Waals surface area contributed by atoms with Crippen molar-refractivity contribution < 1.29 is 9.53 Å². The highest BCUT2D eigenvalue weighted by Gasteiger charge is 2.32. The van der Waals surface area contributed by atoms with Gasteiger partial charge >= 0.3 is 5.97 Å². The number of hydrogen-bond acceptors (Lipinski definition) is 2. The summed E-state index contributed by atoms with van der Waals surface area (Å²) in [6, 6.07) is 0. The predicted octanol–water partition coefficient (Wildman–Crippen LogP) is 1.21. The standard InChI is InChI=1S/C7H12O2/c1-5(6-3-4-6)7(8)9-2/h5-6H,3-4H2,1-2H3. The van der Waals surface area contributed by atoms with Crippen LogP contribution in [-0.4, -0.2) is 13.1 Å². The molecule has 0 amide bonds. The molecule has 2 nitrogen and oxygen atoms in total. The maximum Gasteiger partial charge on any atom is 0.308 e. The van der Waals surface area contributed by atoms with Gasteiger partial charge in [-0.05, 0) is 18.8 Å². The molecule has 1 aliphatic carbocycles. The molecule has 0 saturated heterocycles. The molecule has 9 heavy (non-hydrogen) atoms. The molecule has 2 heteroatoms. The van der Waals surface area contributed by atoms with E-state index in [1.807, 2.05) is 6.92 Å². The van der Waals surface area contributed by atoms with Crippen LogP contribution in [0.5, 0.6) is 0 Å². The molecular weight excluding hydrogens is 116 g/mol. The molecule has 0 radical (unpaired) electrons. The molecule has 1 atom stereocenters. The Kier molecular flexibility index (Phi) is 1.74. The van der Waals surface area contributed by atoms with Gasteiger partial charge < -0.3 is 4.74 Å². The molecule has 0 N–H and O–H groups in total. The Bertz CT molecular complexity index is 116. The van der Waals surface area contributed by atoms with E-state index in [-0.39, 0.29) is 11.9 Å². The van der Waals surface area contributed by atoms with Crippen LogP contribution in [0.1, 0.15) is 19.8 Å². The Balaban J connectivity index is 2.30. The van der Waals surface area contributed by atoms with Gasteiger partial charge in [-0.15, -0.1) is 0 Å². The average molecular weight is 128 g/mol. The summed E-state index contributed by atoms with van der Waals surface area (Å²) in [5, 5.41) is 0. The molecule has 0 bridgehead atoms. The molecule has 0 aromatic rings. The molecule has 1 unspecified atom stereocenters. The van der Waals surface area contributed by atoms with Gasteiger partial charge in [0.15, 0.2) is 0 Å². The second-order valence-electron chi connectivity index (χ2n) is 2.65. The van der Waals surface area contributed by atoms with Crippen LogP contribution in [0.3, 0.4) is 0 Å². The van der Waals surface area contributed by atoms with E-state index < -0.39 is 0 Å². The van der Waals surface area contributed by atoms with Crippen molar-refractivity contribution in [1.29, 1.82) is 0 Å². The number of carbonyl (C=O) groups is 1. The van der Waals surface area contributed by atoms with E-state index in [4.69, 9.17) is 0 Å².